The van der Waals surface area contributed by atoms with E-state index in [1.165, 1.54) is 5.56 Å². The van der Waals surface area contributed by atoms with E-state index in [0.29, 0.717) is 6.54 Å². The van der Waals surface area contributed by atoms with Crippen LogP contribution in [0.3, 0.4) is 0 Å². The van der Waals surface area contributed by atoms with Crippen molar-refractivity contribution in [3.8, 4) is 5.75 Å². The Labute approximate surface area is 155 Å². The lowest BCUT2D eigenvalue weighted by molar-refractivity contribution is 0.0580. The number of methoxy groups -OCH3 is 1. The number of nitrogens with zero attached hydrogens (tertiary/aromatic N) is 2. The Kier molecular flexibility index (Phi) is 5.07. The lowest BCUT2D eigenvalue weighted by Crippen LogP contribution is -2.45. The van der Waals surface area contributed by atoms with E-state index < -0.39 is 5.60 Å². The molecule has 0 aromatic heterocycles. The van der Waals surface area contributed by atoms with E-state index >= 15 is 0 Å². The third-order valence-electron chi connectivity index (χ3n) is 4.24. The molecule has 1 aliphatic rings. The van der Waals surface area contributed by atoms with Crippen LogP contribution in [0.1, 0.15) is 26.3 Å². The lowest BCUT2D eigenvalue weighted by atomic mass is 10.1. The zero-order chi connectivity index (χ0) is 18.7. The molecule has 0 bridgehead atoms. The second-order valence-electron chi connectivity index (χ2n) is 7.39. The highest BCUT2D eigenvalue weighted by Crippen LogP contribution is 2.37. The summed E-state index contributed by atoms with van der Waals surface area (Å²) in [6.45, 7) is 7.74. The maximum absolute atomic E-state index is 12.6. The minimum Gasteiger partial charge on any atom is -0.497 e. The Morgan fingerprint density at radius 1 is 1.04 bits per heavy atom. The molecule has 0 saturated carbocycles. The number of hydrogen-bond acceptors (Lipinski definition) is 4. The molecule has 1 heterocycles. The molecule has 3 rings (SSSR count). The summed E-state index contributed by atoms with van der Waals surface area (Å²) < 4.78 is 11.0. The highest BCUT2D eigenvalue weighted by molar-refractivity contribution is 5.94. The topological polar surface area (TPSA) is 42.0 Å². The van der Waals surface area contributed by atoms with Crippen molar-refractivity contribution in [2.24, 2.45) is 0 Å². The molecule has 2 aromatic carbocycles. The van der Waals surface area contributed by atoms with Gasteiger partial charge in [0.2, 0.25) is 0 Å². The number of carbonyl (C=O) groups excluding carboxylic acids is 1. The summed E-state index contributed by atoms with van der Waals surface area (Å²) in [5.41, 5.74) is 2.53. The molecule has 5 heteroatoms. The van der Waals surface area contributed by atoms with Crippen LogP contribution in [0, 0.1) is 0 Å². The SMILES string of the molecule is COc1ccc2c(c1)N(Cc1ccccc1)CCN2C(=O)OC(C)(C)C. The number of carbonyl (C=O) groups is 1. The molecule has 0 fully saturated rings. The van der Waals surface area contributed by atoms with Crippen molar-refractivity contribution in [3.63, 3.8) is 0 Å². The summed E-state index contributed by atoms with van der Waals surface area (Å²) in [5.74, 6) is 0.771. The van der Waals surface area contributed by atoms with Crippen LogP contribution in [-0.4, -0.2) is 31.9 Å². The molecule has 5 nitrogen and oxygen atoms in total. The molecular weight excluding hydrogens is 328 g/mol. The minimum absolute atomic E-state index is 0.316. The average molecular weight is 354 g/mol. The monoisotopic (exact) mass is 354 g/mol. The van der Waals surface area contributed by atoms with Crippen LogP contribution in [0.25, 0.3) is 0 Å². The van der Waals surface area contributed by atoms with E-state index in [4.69, 9.17) is 9.47 Å². The summed E-state index contributed by atoms with van der Waals surface area (Å²) in [6.07, 6.45) is -0.316. The molecule has 0 unspecified atom stereocenters. The number of hydrogen-bond donors (Lipinski definition) is 0. The third kappa shape index (κ3) is 4.10. The quantitative estimate of drug-likeness (QED) is 0.816. The summed E-state index contributed by atoms with van der Waals surface area (Å²) in [7, 11) is 1.65. The molecule has 0 atom stereocenters. The van der Waals surface area contributed by atoms with Crippen LogP contribution in [0.4, 0.5) is 16.2 Å². The number of rotatable bonds is 3. The molecule has 26 heavy (non-hydrogen) atoms. The normalized spacial score (nSPS) is 14.0. The van der Waals surface area contributed by atoms with Crippen molar-refractivity contribution in [2.75, 3.05) is 30.0 Å². The van der Waals surface area contributed by atoms with E-state index in [1.807, 2.05) is 57.2 Å². The molecule has 0 N–H and O–H groups in total. The van der Waals surface area contributed by atoms with E-state index in [1.54, 1.807) is 12.0 Å². The van der Waals surface area contributed by atoms with Crippen LogP contribution >= 0.6 is 0 Å². The molecule has 0 spiro atoms. The predicted molar refractivity (Wildman–Crippen MR) is 104 cm³/mol. The summed E-state index contributed by atoms with van der Waals surface area (Å²) in [4.78, 5) is 16.6. The second kappa shape index (κ2) is 7.28. The first-order chi connectivity index (χ1) is 12.4. The van der Waals surface area contributed by atoms with Crippen molar-refractivity contribution in [1.82, 2.24) is 0 Å². The Morgan fingerprint density at radius 2 is 1.77 bits per heavy atom. The van der Waals surface area contributed by atoms with E-state index in [2.05, 4.69) is 17.0 Å². The maximum Gasteiger partial charge on any atom is 0.414 e. The first-order valence-electron chi connectivity index (χ1n) is 8.85. The van der Waals surface area contributed by atoms with Gasteiger partial charge in [0.15, 0.2) is 0 Å². The molecule has 1 amide bonds. The second-order valence-corrected chi connectivity index (χ2v) is 7.39. The first-order valence-corrected chi connectivity index (χ1v) is 8.85. The number of fused-ring (bicyclic) bond motifs is 1. The Hall–Kier alpha value is -2.69. The van der Waals surface area contributed by atoms with Gasteiger partial charge in [0.05, 0.1) is 18.5 Å². The van der Waals surface area contributed by atoms with Crippen molar-refractivity contribution < 1.29 is 14.3 Å². The van der Waals surface area contributed by atoms with Crippen LogP contribution in [0.2, 0.25) is 0 Å². The van der Waals surface area contributed by atoms with Gasteiger partial charge in [-0.3, -0.25) is 4.90 Å². The van der Waals surface area contributed by atoms with Gasteiger partial charge in [0.25, 0.3) is 0 Å². The fourth-order valence-corrected chi connectivity index (χ4v) is 3.05. The molecule has 0 saturated heterocycles. The fraction of sp³-hybridized carbons (Fsp3) is 0.381. The third-order valence-corrected chi connectivity index (χ3v) is 4.24. The zero-order valence-electron chi connectivity index (χ0n) is 15.9. The van der Waals surface area contributed by atoms with Crippen LogP contribution in [0.15, 0.2) is 48.5 Å². The van der Waals surface area contributed by atoms with Crippen molar-refractivity contribution >= 4 is 17.5 Å². The molecule has 1 aliphatic heterocycles. The Bertz CT molecular complexity index is 769. The highest BCUT2D eigenvalue weighted by atomic mass is 16.6. The molecule has 0 radical (unpaired) electrons. The Morgan fingerprint density at radius 3 is 2.42 bits per heavy atom. The Balaban J connectivity index is 1.91. The summed E-state index contributed by atoms with van der Waals surface area (Å²) >= 11 is 0. The summed E-state index contributed by atoms with van der Waals surface area (Å²) in [6, 6.07) is 16.1. The lowest BCUT2D eigenvalue weighted by Gasteiger charge is -2.38. The predicted octanol–water partition coefficient (Wildman–Crippen LogP) is 4.46. The zero-order valence-corrected chi connectivity index (χ0v) is 15.9. The standard InChI is InChI=1S/C21H26N2O3/c1-21(2,3)26-20(24)23-13-12-22(15-16-8-6-5-7-9-16)19-14-17(25-4)10-11-18(19)23/h5-11,14H,12-13,15H2,1-4H3. The van der Waals surface area contributed by atoms with E-state index in [-0.39, 0.29) is 6.09 Å². The number of ether oxygens (including phenoxy) is 2. The van der Waals surface area contributed by atoms with Gasteiger partial charge in [-0.25, -0.2) is 4.79 Å². The van der Waals surface area contributed by atoms with Gasteiger partial charge < -0.3 is 14.4 Å². The highest BCUT2D eigenvalue weighted by Gasteiger charge is 2.30. The van der Waals surface area contributed by atoms with Crippen molar-refractivity contribution in [3.05, 3.63) is 54.1 Å². The fourth-order valence-electron chi connectivity index (χ4n) is 3.05. The summed E-state index contributed by atoms with van der Waals surface area (Å²) in [5, 5.41) is 0. The van der Waals surface area contributed by atoms with Gasteiger partial charge in [-0.1, -0.05) is 30.3 Å². The van der Waals surface area contributed by atoms with Gasteiger partial charge in [-0.15, -0.1) is 0 Å². The molecule has 2 aromatic rings. The average Bonchev–Trinajstić information content (AvgIpc) is 2.61. The number of anilines is 2. The van der Waals surface area contributed by atoms with Crippen LogP contribution in [-0.2, 0) is 11.3 Å². The van der Waals surface area contributed by atoms with Gasteiger partial charge >= 0.3 is 6.09 Å². The molecular formula is C21H26N2O3. The number of amides is 1. The van der Waals surface area contributed by atoms with E-state index in [9.17, 15) is 4.79 Å². The van der Waals surface area contributed by atoms with Crippen molar-refractivity contribution in [2.45, 2.75) is 32.9 Å². The minimum atomic E-state index is -0.523. The van der Waals surface area contributed by atoms with Crippen LogP contribution in [0.5, 0.6) is 5.75 Å². The van der Waals surface area contributed by atoms with Gasteiger partial charge in [0, 0.05) is 25.7 Å². The number of benzene rings is 2. The first kappa shape index (κ1) is 18.1. The van der Waals surface area contributed by atoms with Crippen molar-refractivity contribution in [1.29, 1.82) is 0 Å². The maximum atomic E-state index is 12.6. The van der Waals surface area contributed by atoms with E-state index in [0.717, 1.165) is 30.2 Å². The van der Waals surface area contributed by atoms with Gasteiger partial charge in [0.1, 0.15) is 11.4 Å². The largest absolute Gasteiger partial charge is 0.497 e. The van der Waals surface area contributed by atoms with Crippen LogP contribution < -0.4 is 14.5 Å². The smallest absolute Gasteiger partial charge is 0.414 e. The molecule has 138 valence electrons. The van der Waals surface area contributed by atoms with Gasteiger partial charge in [-0.2, -0.15) is 0 Å². The molecule has 0 aliphatic carbocycles. The van der Waals surface area contributed by atoms with Gasteiger partial charge in [-0.05, 0) is 38.5 Å².